The second-order valence-electron chi connectivity index (χ2n) is 8.42. The van der Waals surface area contributed by atoms with Crippen molar-refractivity contribution in [3.8, 4) is 0 Å². The van der Waals surface area contributed by atoms with E-state index in [9.17, 15) is 5.11 Å². The molecule has 1 aromatic rings. The lowest BCUT2D eigenvalue weighted by Crippen LogP contribution is -2.47. The molecule has 1 aromatic carbocycles. The van der Waals surface area contributed by atoms with E-state index in [1.807, 2.05) is 0 Å². The van der Waals surface area contributed by atoms with Crippen LogP contribution < -0.4 is 15.5 Å². The number of para-hydroxylation sites is 1. The number of aliphatic imine (C=N–C) groups is 1. The predicted molar refractivity (Wildman–Crippen MR) is 139 cm³/mol. The Balaban J connectivity index is 0.00000341. The molecule has 31 heavy (non-hydrogen) atoms. The van der Waals surface area contributed by atoms with E-state index in [-0.39, 0.29) is 36.0 Å². The van der Waals surface area contributed by atoms with E-state index in [2.05, 4.69) is 57.7 Å². The molecule has 2 heterocycles. The van der Waals surface area contributed by atoms with Crippen molar-refractivity contribution in [2.75, 3.05) is 77.1 Å². The van der Waals surface area contributed by atoms with Crippen molar-refractivity contribution in [2.24, 2.45) is 10.4 Å². The summed E-state index contributed by atoms with van der Waals surface area (Å²) in [6.07, 6.45) is 2.83. The molecule has 0 bridgehead atoms. The third-order valence-corrected chi connectivity index (χ3v) is 6.18. The first-order valence-corrected chi connectivity index (χ1v) is 11.5. The van der Waals surface area contributed by atoms with Gasteiger partial charge < -0.3 is 25.4 Å². The van der Waals surface area contributed by atoms with Gasteiger partial charge in [0.15, 0.2) is 5.96 Å². The number of rotatable bonds is 10. The highest BCUT2D eigenvalue weighted by atomic mass is 127. The number of benzene rings is 1. The summed E-state index contributed by atoms with van der Waals surface area (Å²) in [5.41, 5.74) is 1.33. The summed E-state index contributed by atoms with van der Waals surface area (Å²) >= 11 is 0. The smallest absolute Gasteiger partial charge is 0.191 e. The first-order valence-electron chi connectivity index (χ1n) is 11.5. The Hall–Kier alpha value is -1.10. The number of guanidine groups is 1. The van der Waals surface area contributed by atoms with E-state index in [1.165, 1.54) is 5.69 Å². The molecule has 2 fully saturated rings. The lowest BCUT2D eigenvalue weighted by molar-refractivity contribution is 0.131. The molecule has 2 aliphatic rings. The van der Waals surface area contributed by atoms with Crippen LogP contribution in [0, 0.1) is 5.41 Å². The molecule has 7 nitrogen and oxygen atoms in total. The van der Waals surface area contributed by atoms with Crippen molar-refractivity contribution < 1.29 is 9.84 Å². The molecular weight excluding hydrogens is 505 g/mol. The molecule has 0 radical (unpaired) electrons. The van der Waals surface area contributed by atoms with Gasteiger partial charge in [0.05, 0.1) is 13.2 Å². The summed E-state index contributed by atoms with van der Waals surface area (Å²) in [5, 5.41) is 16.2. The molecule has 0 amide bonds. The third kappa shape index (κ3) is 8.40. The average molecular weight is 546 g/mol. The van der Waals surface area contributed by atoms with Gasteiger partial charge in [-0.15, -0.1) is 24.0 Å². The van der Waals surface area contributed by atoms with Gasteiger partial charge in [-0.05, 0) is 44.9 Å². The topological polar surface area (TPSA) is 72.4 Å². The van der Waals surface area contributed by atoms with Crippen LogP contribution in [0.3, 0.4) is 0 Å². The fourth-order valence-electron chi connectivity index (χ4n) is 4.25. The van der Waals surface area contributed by atoms with Gasteiger partial charge in [-0.1, -0.05) is 18.2 Å². The predicted octanol–water partition coefficient (Wildman–Crippen LogP) is 2.16. The molecule has 0 saturated carbocycles. The molecule has 0 aliphatic carbocycles. The molecule has 1 atom stereocenters. The molecule has 1 unspecified atom stereocenters. The van der Waals surface area contributed by atoms with E-state index in [0.717, 1.165) is 77.6 Å². The zero-order chi connectivity index (χ0) is 21.1. The maximum absolute atomic E-state index is 9.40. The van der Waals surface area contributed by atoms with Gasteiger partial charge in [0.2, 0.25) is 0 Å². The highest BCUT2D eigenvalue weighted by molar-refractivity contribution is 14.0. The zero-order valence-electron chi connectivity index (χ0n) is 18.9. The van der Waals surface area contributed by atoms with Crippen molar-refractivity contribution in [1.29, 1.82) is 0 Å². The number of halogens is 1. The van der Waals surface area contributed by atoms with Gasteiger partial charge in [-0.2, -0.15) is 0 Å². The Kier molecular flexibility index (Phi) is 11.9. The maximum atomic E-state index is 9.40. The number of aliphatic hydroxyl groups excluding tert-OH is 1. The van der Waals surface area contributed by atoms with E-state index < -0.39 is 0 Å². The Morgan fingerprint density at radius 2 is 1.94 bits per heavy atom. The largest absolute Gasteiger partial charge is 0.396 e. The van der Waals surface area contributed by atoms with Crippen LogP contribution in [0.5, 0.6) is 0 Å². The molecule has 3 rings (SSSR count). The minimum Gasteiger partial charge on any atom is -0.396 e. The molecule has 2 aliphatic heterocycles. The van der Waals surface area contributed by atoms with Crippen LogP contribution in [0.15, 0.2) is 35.3 Å². The lowest BCUT2D eigenvalue weighted by Gasteiger charge is -2.36. The van der Waals surface area contributed by atoms with Crippen LogP contribution in [0.4, 0.5) is 5.69 Å². The van der Waals surface area contributed by atoms with E-state index in [4.69, 9.17) is 9.73 Å². The number of ether oxygens (including phenoxy) is 1. The normalized spacial score (nSPS) is 22.3. The van der Waals surface area contributed by atoms with Crippen LogP contribution in [-0.2, 0) is 4.74 Å². The van der Waals surface area contributed by atoms with Crippen molar-refractivity contribution in [3.63, 3.8) is 0 Å². The SMILES string of the molecule is CCNC(=NCC1(CCO)CCOC1)NCCCN1CCN(c2ccccc2)CC1.I. The van der Waals surface area contributed by atoms with Crippen molar-refractivity contribution in [3.05, 3.63) is 30.3 Å². The Morgan fingerprint density at radius 1 is 1.16 bits per heavy atom. The van der Waals surface area contributed by atoms with Crippen molar-refractivity contribution >= 4 is 35.6 Å². The summed E-state index contributed by atoms with van der Waals surface area (Å²) in [7, 11) is 0. The zero-order valence-corrected chi connectivity index (χ0v) is 21.2. The number of hydrogen-bond donors (Lipinski definition) is 3. The van der Waals surface area contributed by atoms with E-state index in [1.54, 1.807) is 0 Å². The first-order chi connectivity index (χ1) is 14.7. The maximum Gasteiger partial charge on any atom is 0.191 e. The second-order valence-corrected chi connectivity index (χ2v) is 8.42. The Bertz CT molecular complexity index is 632. The average Bonchev–Trinajstić information content (AvgIpc) is 3.25. The van der Waals surface area contributed by atoms with Gasteiger partial charge in [0, 0.05) is 63.6 Å². The van der Waals surface area contributed by atoms with Gasteiger partial charge >= 0.3 is 0 Å². The monoisotopic (exact) mass is 545 g/mol. The third-order valence-electron chi connectivity index (χ3n) is 6.18. The summed E-state index contributed by atoms with van der Waals surface area (Å²) in [6, 6.07) is 10.7. The van der Waals surface area contributed by atoms with Crippen LogP contribution in [0.2, 0.25) is 0 Å². The molecule has 176 valence electrons. The minimum atomic E-state index is -0.00443. The number of anilines is 1. The molecule has 8 heteroatoms. The van der Waals surface area contributed by atoms with Crippen LogP contribution in [0.1, 0.15) is 26.2 Å². The van der Waals surface area contributed by atoms with Gasteiger partial charge in [-0.3, -0.25) is 9.89 Å². The number of piperazine rings is 1. The van der Waals surface area contributed by atoms with E-state index in [0.29, 0.717) is 13.2 Å². The number of aliphatic hydroxyl groups is 1. The van der Waals surface area contributed by atoms with Crippen molar-refractivity contribution in [2.45, 2.75) is 26.2 Å². The van der Waals surface area contributed by atoms with E-state index >= 15 is 0 Å². The van der Waals surface area contributed by atoms with Gasteiger partial charge in [-0.25, -0.2) is 0 Å². The van der Waals surface area contributed by atoms with Gasteiger partial charge in [0.1, 0.15) is 0 Å². The number of nitrogens with one attached hydrogen (secondary N) is 2. The quantitative estimate of drug-likeness (QED) is 0.181. The summed E-state index contributed by atoms with van der Waals surface area (Å²) in [6.45, 7) is 11.7. The molecule has 0 spiro atoms. The fourth-order valence-corrected chi connectivity index (χ4v) is 4.25. The first kappa shape index (κ1) is 26.2. The molecule has 2 saturated heterocycles. The van der Waals surface area contributed by atoms with Crippen LogP contribution >= 0.6 is 24.0 Å². The fraction of sp³-hybridized carbons (Fsp3) is 0.696. The minimum absolute atomic E-state index is 0. The van der Waals surface area contributed by atoms with Crippen molar-refractivity contribution in [1.82, 2.24) is 15.5 Å². The summed E-state index contributed by atoms with van der Waals surface area (Å²) in [5.74, 6) is 0.871. The highest BCUT2D eigenvalue weighted by Gasteiger charge is 2.34. The summed E-state index contributed by atoms with van der Waals surface area (Å²) < 4.78 is 5.58. The molecular formula is C23H40IN5O2. The highest BCUT2D eigenvalue weighted by Crippen LogP contribution is 2.32. The Morgan fingerprint density at radius 3 is 2.58 bits per heavy atom. The number of hydrogen-bond acceptors (Lipinski definition) is 5. The number of nitrogens with zero attached hydrogens (tertiary/aromatic N) is 3. The standard InChI is InChI=1S/C23H39N5O2.HI/c1-2-24-22(26-19-23(9-17-29)10-18-30-20-23)25-11-6-12-27-13-15-28(16-14-27)21-7-4-3-5-8-21;/h3-5,7-8,29H,2,6,9-20H2,1H3,(H2,24,25,26);1H. The Labute approximate surface area is 204 Å². The lowest BCUT2D eigenvalue weighted by atomic mass is 9.84. The summed E-state index contributed by atoms with van der Waals surface area (Å²) in [4.78, 5) is 9.82. The second kappa shape index (κ2) is 14.1. The molecule has 3 N–H and O–H groups in total. The van der Waals surface area contributed by atoms with Crippen LogP contribution in [-0.4, -0.2) is 88.1 Å². The molecule has 0 aromatic heterocycles. The van der Waals surface area contributed by atoms with Gasteiger partial charge in [0.25, 0.3) is 0 Å². The van der Waals surface area contributed by atoms with Crippen LogP contribution in [0.25, 0.3) is 0 Å².